The maximum atomic E-state index is 12.7. The van der Waals surface area contributed by atoms with Crippen LogP contribution >= 0.6 is 11.3 Å². The van der Waals surface area contributed by atoms with Crippen molar-refractivity contribution in [2.24, 2.45) is 0 Å². The number of rotatable bonds is 2. The number of hydrogen-bond donors (Lipinski definition) is 0. The second-order valence-corrected chi connectivity index (χ2v) is 9.40. The first-order valence-electron chi connectivity index (χ1n) is 7.21. The van der Waals surface area contributed by atoms with Crippen LogP contribution in [0.3, 0.4) is 0 Å². The molecule has 0 saturated carbocycles. The fourth-order valence-electron chi connectivity index (χ4n) is 2.56. The lowest BCUT2D eigenvalue weighted by Crippen LogP contribution is -2.51. The van der Waals surface area contributed by atoms with Crippen molar-refractivity contribution in [2.45, 2.75) is 25.5 Å². The molecule has 0 radical (unpaired) electrons. The SMILES string of the molecule is Cc1ccc(-c2ccc(C(=O)N3CC[S@](=O)C(C)(C)C3)s2)o1. The monoisotopic (exact) mass is 337 g/mol. The van der Waals surface area contributed by atoms with Crippen LogP contribution in [0.1, 0.15) is 29.3 Å². The lowest BCUT2D eigenvalue weighted by atomic mass is 10.2. The lowest BCUT2D eigenvalue weighted by Gasteiger charge is -2.37. The number of carbonyl (C=O) groups is 1. The van der Waals surface area contributed by atoms with Gasteiger partial charge in [-0.05, 0) is 45.0 Å². The van der Waals surface area contributed by atoms with E-state index in [4.69, 9.17) is 4.42 Å². The third-order valence-electron chi connectivity index (χ3n) is 3.82. The average molecular weight is 337 g/mol. The second kappa shape index (κ2) is 5.66. The summed E-state index contributed by atoms with van der Waals surface area (Å²) in [5.74, 6) is 2.22. The molecule has 22 heavy (non-hydrogen) atoms. The first-order chi connectivity index (χ1) is 10.4. The van der Waals surface area contributed by atoms with Gasteiger partial charge in [-0.2, -0.15) is 0 Å². The third kappa shape index (κ3) is 2.90. The van der Waals surface area contributed by atoms with Crippen LogP contribution in [0.5, 0.6) is 0 Å². The fourth-order valence-corrected chi connectivity index (χ4v) is 4.74. The second-order valence-electron chi connectivity index (χ2n) is 6.11. The Morgan fingerprint density at radius 1 is 1.32 bits per heavy atom. The van der Waals surface area contributed by atoms with Gasteiger partial charge in [0.1, 0.15) is 11.5 Å². The van der Waals surface area contributed by atoms with E-state index in [0.717, 1.165) is 16.4 Å². The summed E-state index contributed by atoms with van der Waals surface area (Å²) in [4.78, 5) is 16.1. The standard InChI is InChI=1S/C16H19NO3S2/c1-11-4-5-12(20-11)13-6-7-14(21-13)15(18)17-8-9-22(19)16(2,3)10-17/h4-7H,8-10H2,1-3H3/t22-/m0/s1. The molecule has 1 amide bonds. The van der Waals surface area contributed by atoms with E-state index in [-0.39, 0.29) is 10.7 Å². The van der Waals surface area contributed by atoms with Crippen LogP contribution in [0.2, 0.25) is 0 Å². The Hall–Kier alpha value is -1.40. The van der Waals surface area contributed by atoms with Crippen LogP contribution in [-0.2, 0) is 10.8 Å². The van der Waals surface area contributed by atoms with E-state index >= 15 is 0 Å². The maximum Gasteiger partial charge on any atom is 0.264 e. The Balaban J connectivity index is 1.79. The predicted octanol–water partition coefficient (Wildman–Crippen LogP) is 3.30. The zero-order valence-electron chi connectivity index (χ0n) is 12.9. The first-order valence-corrected chi connectivity index (χ1v) is 9.35. The van der Waals surface area contributed by atoms with E-state index in [9.17, 15) is 9.00 Å². The van der Waals surface area contributed by atoms with E-state index in [1.807, 2.05) is 49.9 Å². The van der Waals surface area contributed by atoms with Gasteiger partial charge < -0.3 is 9.32 Å². The van der Waals surface area contributed by atoms with Gasteiger partial charge in [0.25, 0.3) is 5.91 Å². The summed E-state index contributed by atoms with van der Waals surface area (Å²) in [6.07, 6.45) is 0. The van der Waals surface area contributed by atoms with Crippen LogP contribution < -0.4 is 0 Å². The van der Waals surface area contributed by atoms with Gasteiger partial charge in [-0.1, -0.05) is 0 Å². The molecule has 1 fully saturated rings. The van der Waals surface area contributed by atoms with Crippen molar-refractivity contribution in [1.82, 2.24) is 4.90 Å². The minimum absolute atomic E-state index is 0.0179. The summed E-state index contributed by atoms with van der Waals surface area (Å²) in [6, 6.07) is 7.60. The number of hydrogen-bond acceptors (Lipinski definition) is 4. The predicted molar refractivity (Wildman–Crippen MR) is 89.7 cm³/mol. The summed E-state index contributed by atoms with van der Waals surface area (Å²) < 4.78 is 17.2. The number of nitrogens with zero attached hydrogens (tertiary/aromatic N) is 1. The highest BCUT2D eigenvalue weighted by molar-refractivity contribution is 7.86. The molecular weight excluding hydrogens is 318 g/mol. The highest BCUT2D eigenvalue weighted by atomic mass is 32.2. The Kier molecular flexibility index (Phi) is 3.99. The van der Waals surface area contributed by atoms with Crippen LogP contribution in [0.4, 0.5) is 0 Å². The summed E-state index contributed by atoms with van der Waals surface area (Å²) in [5.41, 5.74) is 0. The molecule has 0 spiro atoms. The van der Waals surface area contributed by atoms with Gasteiger partial charge in [0.05, 0.1) is 14.5 Å². The summed E-state index contributed by atoms with van der Waals surface area (Å²) >= 11 is 1.44. The van der Waals surface area contributed by atoms with Crippen molar-refractivity contribution in [1.29, 1.82) is 0 Å². The maximum absolute atomic E-state index is 12.7. The molecule has 1 aliphatic rings. The Morgan fingerprint density at radius 3 is 2.73 bits per heavy atom. The Morgan fingerprint density at radius 2 is 2.09 bits per heavy atom. The van der Waals surface area contributed by atoms with Crippen molar-refractivity contribution in [3.05, 3.63) is 34.9 Å². The largest absolute Gasteiger partial charge is 0.461 e. The Bertz CT molecular complexity index is 729. The molecule has 0 aromatic carbocycles. The molecule has 4 nitrogen and oxygen atoms in total. The highest BCUT2D eigenvalue weighted by Gasteiger charge is 2.35. The quantitative estimate of drug-likeness (QED) is 0.845. The smallest absolute Gasteiger partial charge is 0.264 e. The molecule has 0 bridgehead atoms. The van der Waals surface area contributed by atoms with Gasteiger partial charge in [-0.15, -0.1) is 11.3 Å². The van der Waals surface area contributed by atoms with Crippen LogP contribution in [0.25, 0.3) is 10.6 Å². The number of thiophene rings is 1. The minimum Gasteiger partial charge on any atom is -0.461 e. The molecule has 3 rings (SSSR count). The molecule has 1 saturated heterocycles. The highest BCUT2D eigenvalue weighted by Crippen LogP contribution is 2.31. The van der Waals surface area contributed by atoms with E-state index in [1.165, 1.54) is 11.3 Å². The van der Waals surface area contributed by atoms with Crippen molar-refractivity contribution < 1.29 is 13.4 Å². The topological polar surface area (TPSA) is 50.5 Å². The van der Waals surface area contributed by atoms with Gasteiger partial charge in [-0.25, -0.2) is 0 Å². The van der Waals surface area contributed by atoms with Crippen LogP contribution in [0.15, 0.2) is 28.7 Å². The number of aryl methyl sites for hydroxylation is 1. The molecular formula is C16H19NO3S2. The normalized spacial score (nSPS) is 21.0. The average Bonchev–Trinajstić information content (AvgIpc) is 3.09. The van der Waals surface area contributed by atoms with Crippen molar-refractivity contribution in [3.63, 3.8) is 0 Å². The van der Waals surface area contributed by atoms with Crippen molar-refractivity contribution >= 4 is 28.0 Å². The molecule has 1 atom stereocenters. The third-order valence-corrected chi connectivity index (χ3v) is 6.82. The zero-order valence-corrected chi connectivity index (χ0v) is 14.6. The van der Waals surface area contributed by atoms with Crippen molar-refractivity contribution in [3.8, 4) is 10.6 Å². The summed E-state index contributed by atoms with van der Waals surface area (Å²) in [6.45, 7) is 6.90. The summed E-state index contributed by atoms with van der Waals surface area (Å²) in [7, 11) is -0.871. The van der Waals surface area contributed by atoms with Gasteiger partial charge >= 0.3 is 0 Å². The molecule has 2 aromatic heterocycles. The summed E-state index contributed by atoms with van der Waals surface area (Å²) in [5, 5.41) is 0. The molecule has 2 aromatic rings. The van der Waals surface area contributed by atoms with Gasteiger partial charge in [0.2, 0.25) is 0 Å². The molecule has 6 heteroatoms. The molecule has 118 valence electrons. The van der Waals surface area contributed by atoms with Crippen LogP contribution in [-0.4, -0.2) is 38.6 Å². The van der Waals surface area contributed by atoms with Gasteiger partial charge in [0, 0.05) is 29.6 Å². The molecule has 1 aliphatic heterocycles. The molecule has 0 N–H and O–H groups in total. The van der Waals surface area contributed by atoms with E-state index < -0.39 is 10.8 Å². The van der Waals surface area contributed by atoms with Crippen LogP contribution in [0, 0.1) is 6.92 Å². The van der Waals surface area contributed by atoms with E-state index in [0.29, 0.717) is 23.7 Å². The fraction of sp³-hybridized carbons (Fsp3) is 0.438. The van der Waals surface area contributed by atoms with Gasteiger partial charge in [-0.3, -0.25) is 9.00 Å². The van der Waals surface area contributed by atoms with E-state index in [1.54, 1.807) is 0 Å². The lowest BCUT2D eigenvalue weighted by molar-refractivity contribution is 0.0750. The zero-order chi connectivity index (χ0) is 15.9. The molecule has 3 heterocycles. The number of amides is 1. The number of carbonyl (C=O) groups excluding carboxylic acids is 1. The molecule has 0 aliphatic carbocycles. The van der Waals surface area contributed by atoms with Crippen molar-refractivity contribution in [2.75, 3.05) is 18.8 Å². The Labute approximate surface area is 136 Å². The van der Waals surface area contributed by atoms with Gasteiger partial charge in [0.15, 0.2) is 0 Å². The first kappa shape index (κ1) is 15.5. The van der Waals surface area contributed by atoms with E-state index in [2.05, 4.69) is 0 Å². The molecule has 0 unspecified atom stereocenters. The minimum atomic E-state index is -0.871. The number of furan rings is 1.